The normalized spacial score (nSPS) is 19.9. The predicted octanol–water partition coefficient (Wildman–Crippen LogP) is 4.94. The molecule has 1 fully saturated rings. The van der Waals surface area contributed by atoms with E-state index in [-0.39, 0.29) is 0 Å². The molecule has 3 rings (SSSR count). The summed E-state index contributed by atoms with van der Waals surface area (Å²) < 4.78 is 0. The van der Waals surface area contributed by atoms with E-state index in [1.165, 1.54) is 28.9 Å². The summed E-state index contributed by atoms with van der Waals surface area (Å²) in [5.41, 5.74) is 2.77. The predicted molar refractivity (Wildman–Crippen MR) is 78.3 cm³/mol. The Morgan fingerprint density at radius 3 is 2.56 bits per heavy atom. The van der Waals surface area contributed by atoms with Crippen molar-refractivity contribution in [3.63, 3.8) is 0 Å². The van der Waals surface area contributed by atoms with Gasteiger partial charge in [-0.25, -0.2) is 0 Å². The summed E-state index contributed by atoms with van der Waals surface area (Å²) in [5.74, 6) is 1.18. The van der Waals surface area contributed by atoms with Gasteiger partial charge in [0.05, 0.1) is 0 Å². The van der Waals surface area contributed by atoms with Gasteiger partial charge in [0.15, 0.2) is 0 Å². The van der Waals surface area contributed by atoms with E-state index >= 15 is 0 Å². The largest absolute Gasteiger partial charge is 0.508 e. The third-order valence-corrected chi connectivity index (χ3v) is 5.09. The summed E-state index contributed by atoms with van der Waals surface area (Å²) in [6.45, 7) is 2.23. The zero-order chi connectivity index (χ0) is 12.5. The first kappa shape index (κ1) is 11.9. The van der Waals surface area contributed by atoms with Gasteiger partial charge < -0.3 is 5.11 Å². The minimum absolute atomic E-state index is 0.344. The maximum Gasteiger partial charge on any atom is 0.115 e. The highest BCUT2D eigenvalue weighted by molar-refractivity contribution is 8.11. The molecule has 1 aromatic carbocycles. The second kappa shape index (κ2) is 4.85. The van der Waals surface area contributed by atoms with Gasteiger partial charge in [-0.3, -0.25) is 0 Å². The molecule has 18 heavy (non-hydrogen) atoms. The zero-order valence-electron chi connectivity index (χ0n) is 10.6. The summed E-state index contributed by atoms with van der Waals surface area (Å²) in [7, 11) is 0. The number of allylic oxidation sites excluding steroid dienone is 3. The molecule has 2 aliphatic rings. The summed E-state index contributed by atoms with van der Waals surface area (Å²) in [5, 5.41) is 9.39. The van der Waals surface area contributed by atoms with Crippen LogP contribution < -0.4 is 0 Å². The molecule has 1 N–H and O–H groups in total. The van der Waals surface area contributed by atoms with Gasteiger partial charge in [-0.2, -0.15) is 0 Å². The summed E-state index contributed by atoms with van der Waals surface area (Å²) in [4.78, 5) is 2.98. The zero-order valence-corrected chi connectivity index (χ0v) is 11.5. The van der Waals surface area contributed by atoms with E-state index in [9.17, 15) is 5.11 Å². The molecule has 94 valence electrons. The van der Waals surface area contributed by atoms with Gasteiger partial charge >= 0.3 is 0 Å². The fraction of sp³-hybridized carbons (Fsp3) is 0.375. The first-order valence-corrected chi connectivity index (χ1v) is 7.49. The van der Waals surface area contributed by atoms with Crippen molar-refractivity contribution in [1.82, 2.24) is 0 Å². The van der Waals surface area contributed by atoms with Crippen molar-refractivity contribution >= 4 is 16.7 Å². The highest BCUT2D eigenvalue weighted by atomic mass is 32.2. The molecule has 1 saturated carbocycles. The van der Waals surface area contributed by atoms with Crippen LogP contribution in [-0.2, 0) is 0 Å². The van der Waals surface area contributed by atoms with Crippen LogP contribution in [0.25, 0.3) is 4.91 Å². The number of thioether (sulfide) groups is 1. The van der Waals surface area contributed by atoms with E-state index in [1.54, 1.807) is 17.0 Å². The van der Waals surface area contributed by atoms with Gasteiger partial charge in [-0.15, -0.1) is 0 Å². The molecular formula is C16H18OS. The molecule has 0 amide bonds. The van der Waals surface area contributed by atoms with Crippen LogP contribution >= 0.6 is 11.8 Å². The lowest BCUT2D eigenvalue weighted by molar-refractivity contribution is 0.475. The first-order valence-electron chi connectivity index (χ1n) is 6.67. The second-order valence-electron chi connectivity index (χ2n) is 5.02. The topological polar surface area (TPSA) is 20.2 Å². The summed E-state index contributed by atoms with van der Waals surface area (Å²) in [6, 6.07) is 7.63. The number of hydrogen-bond acceptors (Lipinski definition) is 2. The van der Waals surface area contributed by atoms with Crippen LogP contribution in [0, 0.1) is 5.92 Å². The van der Waals surface area contributed by atoms with Crippen LogP contribution in [0.4, 0.5) is 0 Å². The van der Waals surface area contributed by atoms with Gasteiger partial charge in [-0.05, 0) is 54.2 Å². The van der Waals surface area contributed by atoms with Crippen molar-refractivity contribution in [3.8, 4) is 5.75 Å². The smallest absolute Gasteiger partial charge is 0.115 e. The lowest BCUT2D eigenvalue weighted by Crippen LogP contribution is -1.96. The molecule has 1 aliphatic carbocycles. The Bertz CT molecular complexity index is 506. The molecule has 0 bridgehead atoms. The Kier molecular flexibility index (Phi) is 3.21. The van der Waals surface area contributed by atoms with E-state index in [4.69, 9.17) is 0 Å². The number of hydrogen-bond donors (Lipinski definition) is 1. The van der Waals surface area contributed by atoms with Gasteiger partial charge in [0.1, 0.15) is 5.75 Å². The minimum atomic E-state index is 0.344. The molecular weight excluding hydrogens is 240 g/mol. The number of phenolic OH excluding ortho intramolecular Hbond substituents is 1. The maximum atomic E-state index is 9.39. The van der Waals surface area contributed by atoms with Crippen molar-refractivity contribution < 1.29 is 5.11 Å². The van der Waals surface area contributed by atoms with Crippen molar-refractivity contribution in [1.29, 1.82) is 0 Å². The van der Waals surface area contributed by atoms with Crippen molar-refractivity contribution in [2.24, 2.45) is 5.92 Å². The molecule has 0 radical (unpaired) electrons. The fourth-order valence-corrected chi connectivity index (χ4v) is 3.78. The Hall–Kier alpha value is -1.15. The van der Waals surface area contributed by atoms with E-state index in [0.29, 0.717) is 5.75 Å². The molecule has 1 aliphatic heterocycles. The van der Waals surface area contributed by atoms with Crippen LogP contribution in [0.3, 0.4) is 0 Å². The average molecular weight is 258 g/mol. The Morgan fingerprint density at radius 1 is 1.22 bits per heavy atom. The van der Waals surface area contributed by atoms with Crippen molar-refractivity contribution in [2.45, 2.75) is 32.6 Å². The molecule has 0 unspecified atom stereocenters. The number of benzene rings is 1. The highest BCUT2D eigenvalue weighted by Crippen LogP contribution is 2.51. The molecule has 1 nitrogen and oxygen atoms in total. The minimum Gasteiger partial charge on any atom is -0.508 e. The molecule has 0 atom stereocenters. The lowest BCUT2D eigenvalue weighted by atomic mass is 10.0. The monoisotopic (exact) mass is 258 g/mol. The summed E-state index contributed by atoms with van der Waals surface area (Å²) in [6.07, 6.45) is 7.36. The summed E-state index contributed by atoms with van der Waals surface area (Å²) >= 11 is 1.95. The first-order chi connectivity index (χ1) is 8.78. The standard InChI is InChI=1S/C16H18OS/c1-2-11-7-10-15(12-3-4-12)18-16(11)13-5-8-14(17)9-6-13/h5-6,8-10,12,17H,2-4,7H2,1H3. The number of phenols is 1. The maximum absolute atomic E-state index is 9.39. The second-order valence-corrected chi connectivity index (χ2v) is 6.10. The Balaban J connectivity index is 1.90. The van der Waals surface area contributed by atoms with Crippen LogP contribution in [-0.4, -0.2) is 5.11 Å². The third kappa shape index (κ3) is 2.35. The molecule has 2 heteroatoms. The van der Waals surface area contributed by atoms with Crippen LogP contribution in [0.1, 0.15) is 38.2 Å². The van der Waals surface area contributed by atoms with Gasteiger partial charge in [0, 0.05) is 4.91 Å². The Labute approximate surface area is 113 Å². The van der Waals surface area contributed by atoms with E-state index in [0.717, 1.165) is 18.8 Å². The Morgan fingerprint density at radius 2 is 1.94 bits per heavy atom. The van der Waals surface area contributed by atoms with Crippen molar-refractivity contribution in [2.75, 3.05) is 0 Å². The molecule has 1 aromatic rings. The number of rotatable bonds is 3. The van der Waals surface area contributed by atoms with Crippen LogP contribution in [0.5, 0.6) is 5.75 Å². The highest BCUT2D eigenvalue weighted by Gasteiger charge is 2.29. The van der Waals surface area contributed by atoms with Crippen LogP contribution in [0.15, 0.2) is 40.8 Å². The van der Waals surface area contributed by atoms with Crippen molar-refractivity contribution in [3.05, 3.63) is 46.4 Å². The molecule has 1 heterocycles. The third-order valence-electron chi connectivity index (χ3n) is 3.63. The quantitative estimate of drug-likeness (QED) is 0.828. The van der Waals surface area contributed by atoms with E-state index in [2.05, 4.69) is 13.0 Å². The SMILES string of the molecule is CCC1=C(c2ccc(O)cc2)SC(C2CC2)=CC1. The molecule has 0 saturated heterocycles. The van der Waals surface area contributed by atoms with Gasteiger partial charge in [0.2, 0.25) is 0 Å². The van der Waals surface area contributed by atoms with Crippen LogP contribution in [0.2, 0.25) is 0 Å². The van der Waals surface area contributed by atoms with Gasteiger partial charge in [-0.1, -0.05) is 42.5 Å². The average Bonchev–Trinajstić information content (AvgIpc) is 3.23. The fourth-order valence-electron chi connectivity index (χ4n) is 2.35. The molecule has 0 spiro atoms. The number of aromatic hydroxyl groups is 1. The van der Waals surface area contributed by atoms with E-state index < -0.39 is 0 Å². The van der Waals surface area contributed by atoms with Gasteiger partial charge in [0.25, 0.3) is 0 Å². The molecule has 0 aromatic heterocycles. The lowest BCUT2D eigenvalue weighted by Gasteiger charge is -2.20. The van der Waals surface area contributed by atoms with E-state index in [1.807, 2.05) is 23.9 Å².